The Morgan fingerprint density at radius 1 is 1.60 bits per heavy atom. The molecule has 1 fully saturated rings. The maximum Gasteiger partial charge on any atom is 0.222 e. The van der Waals surface area contributed by atoms with Crippen LogP contribution in [0.2, 0.25) is 0 Å². The number of ether oxygens (including phenoxy) is 1. The molecule has 0 aromatic heterocycles. The zero-order valence-electron chi connectivity index (χ0n) is 6.50. The Bertz CT molecular complexity index is 113. The molecule has 60 valence electrons. The first-order valence-corrected chi connectivity index (χ1v) is 3.69. The molecular formula is C7H15NO2. The van der Waals surface area contributed by atoms with Gasteiger partial charge in [-0.1, -0.05) is 6.92 Å². The molecule has 1 saturated heterocycles. The molecule has 10 heavy (non-hydrogen) atoms. The van der Waals surface area contributed by atoms with E-state index in [1.807, 2.05) is 6.92 Å². The molecule has 1 unspecified atom stereocenters. The molecular weight excluding hydrogens is 130 g/mol. The minimum absolute atomic E-state index is 0.0822. The Balaban J connectivity index is 2.51. The second kappa shape index (κ2) is 2.49. The van der Waals surface area contributed by atoms with Gasteiger partial charge in [-0.25, -0.2) is 0 Å². The van der Waals surface area contributed by atoms with Crippen molar-refractivity contribution in [1.82, 2.24) is 0 Å². The second-order valence-corrected chi connectivity index (χ2v) is 3.32. The van der Waals surface area contributed by atoms with Gasteiger partial charge in [0.1, 0.15) is 0 Å². The summed E-state index contributed by atoms with van der Waals surface area (Å²) in [5, 5.41) is 9.27. The van der Waals surface area contributed by atoms with Crippen LogP contribution in [0.4, 0.5) is 0 Å². The van der Waals surface area contributed by atoms with Gasteiger partial charge in [-0.2, -0.15) is 0 Å². The van der Waals surface area contributed by atoms with Crippen molar-refractivity contribution in [3.63, 3.8) is 0 Å². The maximum absolute atomic E-state index is 9.27. The first-order chi connectivity index (χ1) is 4.49. The first kappa shape index (κ1) is 7.98. The minimum Gasteiger partial charge on any atom is -0.353 e. The van der Waals surface area contributed by atoms with Crippen LogP contribution in [-0.2, 0) is 4.74 Å². The van der Waals surface area contributed by atoms with E-state index in [1.54, 1.807) is 0 Å². The summed E-state index contributed by atoms with van der Waals surface area (Å²) in [5.74, 6) is -0.921. The summed E-state index contributed by atoms with van der Waals surface area (Å²) < 4.78 is 5.08. The van der Waals surface area contributed by atoms with E-state index in [9.17, 15) is 5.11 Å². The van der Waals surface area contributed by atoms with Gasteiger partial charge in [0.15, 0.2) is 0 Å². The average molecular weight is 145 g/mol. The van der Waals surface area contributed by atoms with Crippen molar-refractivity contribution >= 4 is 0 Å². The normalized spacial score (nSPS) is 49.2. The lowest BCUT2D eigenvalue weighted by Crippen LogP contribution is -2.49. The molecule has 0 bridgehead atoms. The molecule has 0 aromatic carbocycles. The zero-order valence-corrected chi connectivity index (χ0v) is 6.50. The molecule has 0 saturated carbocycles. The highest BCUT2D eigenvalue weighted by atomic mass is 16.6. The predicted octanol–water partition coefficient (Wildman–Crippen LogP) is 0.426. The monoisotopic (exact) mass is 145 g/mol. The van der Waals surface area contributed by atoms with Crippen molar-refractivity contribution in [2.75, 3.05) is 0 Å². The van der Waals surface area contributed by atoms with Crippen LogP contribution in [0.15, 0.2) is 0 Å². The fourth-order valence-corrected chi connectivity index (χ4v) is 1.59. The predicted molar refractivity (Wildman–Crippen MR) is 38.1 cm³/mol. The van der Waals surface area contributed by atoms with Crippen LogP contribution >= 0.6 is 0 Å². The topological polar surface area (TPSA) is 55.5 Å². The van der Waals surface area contributed by atoms with Crippen molar-refractivity contribution in [1.29, 1.82) is 0 Å². The molecule has 0 aromatic rings. The van der Waals surface area contributed by atoms with Gasteiger partial charge in [0, 0.05) is 6.42 Å². The Hall–Kier alpha value is -0.120. The zero-order chi connectivity index (χ0) is 7.78. The van der Waals surface area contributed by atoms with Gasteiger partial charge in [-0.05, 0) is 19.3 Å². The summed E-state index contributed by atoms with van der Waals surface area (Å²) in [6.45, 7) is 3.99. The first-order valence-electron chi connectivity index (χ1n) is 3.69. The lowest BCUT2D eigenvalue weighted by atomic mass is 9.96. The van der Waals surface area contributed by atoms with Gasteiger partial charge >= 0.3 is 0 Å². The molecule has 0 aliphatic carbocycles. The molecule has 1 rings (SSSR count). The molecule has 1 heterocycles. The third kappa shape index (κ3) is 1.94. The molecule has 1 aliphatic rings. The molecule has 3 heteroatoms. The van der Waals surface area contributed by atoms with Crippen molar-refractivity contribution in [3.05, 3.63) is 0 Å². The molecule has 0 spiro atoms. The highest BCUT2D eigenvalue weighted by molar-refractivity contribution is 4.73. The van der Waals surface area contributed by atoms with E-state index in [1.165, 1.54) is 0 Å². The number of aliphatic hydroxyl groups is 1. The highest BCUT2D eigenvalue weighted by Crippen LogP contribution is 2.26. The van der Waals surface area contributed by atoms with Crippen LogP contribution < -0.4 is 5.73 Å². The molecule has 0 radical (unpaired) electrons. The summed E-state index contributed by atoms with van der Waals surface area (Å²) in [6, 6.07) is 0. The van der Waals surface area contributed by atoms with Gasteiger partial charge in [0.25, 0.3) is 0 Å². The van der Waals surface area contributed by atoms with Crippen molar-refractivity contribution in [2.24, 2.45) is 11.7 Å². The third-order valence-corrected chi connectivity index (χ3v) is 1.78. The average Bonchev–Trinajstić information content (AvgIpc) is 1.54. The van der Waals surface area contributed by atoms with E-state index < -0.39 is 5.91 Å². The van der Waals surface area contributed by atoms with Crippen LogP contribution in [0.25, 0.3) is 0 Å². The molecule has 3 N–H and O–H groups in total. The highest BCUT2D eigenvalue weighted by Gasteiger charge is 2.32. The Labute approximate surface area is 61.2 Å². The van der Waals surface area contributed by atoms with Gasteiger partial charge < -0.3 is 9.84 Å². The van der Waals surface area contributed by atoms with Gasteiger partial charge in [0.05, 0.1) is 6.10 Å². The third-order valence-electron chi connectivity index (χ3n) is 1.78. The summed E-state index contributed by atoms with van der Waals surface area (Å²) in [4.78, 5) is 0. The summed E-state index contributed by atoms with van der Waals surface area (Å²) in [6.07, 6.45) is 1.61. The molecule has 0 amide bonds. The largest absolute Gasteiger partial charge is 0.353 e. The van der Waals surface area contributed by atoms with E-state index in [4.69, 9.17) is 10.5 Å². The summed E-state index contributed by atoms with van der Waals surface area (Å²) in [5.41, 5.74) is 5.39. The lowest BCUT2D eigenvalue weighted by molar-refractivity contribution is -0.255. The molecule has 3 atom stereocenters. The summed E-state index contributed by atoms with van der Waals surface area (Å²) in [7, 11) is 0. The van der Waals surface area contributed by atoms with Gasteiger partial charge in [-0.15, -0.1) is 0 Å². The smallest absolute Gasteiger partial charge is 0.222 e. The van der Waals surface area contributed by atoms with E-state index in [0.29, 0.717) is 12.3 Å². The van der Waals surface area contributed by atoms with Crippen LogP contribution in [-0.4, -0.2) is 17.1 Å². The fourth-order valence-electron chi connectivity index (χ4n) is 1.59. The number of hydrogen-bond donors (Lipinski definition) is 2. The standard InChI is InChI=1S/C7H15NO2/c1-5-3-6(2)10-7(8,9)4-5/h5-6,9H,3-4,8H2,1-2H3/t5?,6-,7-/m0/s1. The Kier molecular flexibility index (Phi) is 1.99. The van der Waals surface area contributed by atoms with Gasteiger partial charge in [-0.3, -0.25) is 5.73 Å². The Morgan fingerprint density at radius 3 is 2.60 bits per heavy atom. The van der Waals surface area contributed by atoms with Crippen LogP contribution in [0.3, 0.4) is 0 Å². The fraction of sp³-hybridized carbons (Fsp3) is 1.00. The van der Waals surface area contributed by atoms with E-state index in [-0.39, 0.29) is 6.10 Å². The van der Waals surface area contributed by atoms with E-state index in [0.717, 1.165) is 6.42 Å². The summed E-state index contributed by atoms with van der Waals surface area (Å²) >= 11 is 0. The minimum atomic E-state index is -1.38. The van der Waals surface area contributed by atoms with E-state index >= 15 is 0 Å². The van der Waals surface area contributed by atoms with Crippen molar-refractivity contribution in [2.45, 2.75) is 38.7 Å². The Morgan fingerprint density at radius 2 is 2.20 bits per heavy atom. The number of nitrogens with two attached hydrogens (primary N) is 1. The van der Waals surface area contributed by atoms with E-state index in [2.05, 4.69) is 6.92 Å². The number of rotatable bonds is 0. The second-order valence-electron chi connectivity index (χ2n) is 3.32. The molecule has 3 nitrogen and oxygen atoms in total. The maximum atomic E-state index is 9.27. The van der Waals surface area contributed by atoms with Crippen LogP contribution in [0.5, 0.6) is 0 Å². The molecule has 1 aliphatic heterocycles. The van der Waals surface area contributed by atoms with Gasteiger partial charge in [0.2, 0.25) is 5.91 Å². The lowest BCUT2D eigenvalue weighted by Gasteiger charge is -2.35. The number of hydrogen-bond acceptors (Lipinski definition) is 3. The van der Waals surface area contributed by atoms with Crippen molar-refractivity contribution in [3.8, 4) is 0 Å². The van der Waals surface area contributed by atoms with Crippen LogP contribution in [0.1, 0.15) is 26.7 Å². The van der Waals surface area contributed by atoms with Crippen LogP contribution in [0, 0.1) is 5.92 Å². The van der Waals surface area contributed by atoms with Crippen molar-refractivity contribution < 1.29 is 9.84 Å². The SMILES string of the molecule is CC1C[C@H](C)O[C@@](N)(O)C1. The quantitative estimate of drug-likeness (QED) is 0.486.